The van der Waals surface area contributed by atoms with Gasteiger partial charge in [-0.1, -0.05) is 35.9 Å². The van der Waals surface area contributed by atoms with Crippen LogP contribution >= 0.6 is 11.6 Å². The van der Waals surface area contributed by atoms with Gasteiger partial charge in [-0.05, 0) is 24.3 Å². The quantitative estimate of drug-likeness (QED) is 0.588. The number of nitrogens with zero attached hydrogens (tertiary/aromatic N) is 6. The molecule has 0 atom stereocenters. The molecule has 31 heavy (non-hydrogen) atoms. The number of carbonyl (C=O) groups is 1. The van der Waals surface area contributed by atoms with Crippen molar-refractivity contribution in [3.63, 3.8) is 0 Å². The molecule has 0 radical (unpaired) electrons. The maximum absolute atomic E-state index is 13.0. The minimum absolute atomic E-state index is 0.187. The summed E-state index contributed by atoms with van der Waals surface area (Å²) in [4.78, 5) is 23.8. The molecule has 1 fully saturated rings. The molecule has 5 rings (SSSR count). The highest BCUT2D eigenvalue weighted by Crippen LogP contribution is 2.21. The number of hydrogen-bond donors (Lipinski definition) is 0. The average molecular weight is 437 g/mol. The number of pyridine rings is 1. The Morgan fingerprint density at radius 3 is 2.55 bits per heavy atom. The highest BCUT2D eigenvalue weighted by molar-refractivity contribution is 6.29. The lowest BCUT2D eigenvalue weighted by Crippen LogP contribution is -2.50. The van der Waals surface area contributed by atoms with Crippen LogP contribution in [0.3, 0.4) is 0 Å². The zero-order valence-electron chi connectivity index (χ0n) is 17.3. The number of para-hydroxylation sites is 1. The van der Waals surface area contributed by atoms with Crippen LogP contribution < -0.4 is 4.90 Å². The number of amides is 1. The third-order valence-corrected chi connectivity index (χ3v) is 6.20. The number of aromatic nitrogens is 3. The molecule has 0 aliphatic carbocycles. The number of rotatable bonds is 4. The highest BCUT2D eigenvalue weighted by Gasteiger charge is 2.26. The second kappa shape index (κ2) is 8.69. The van der Waals surface area contributed by atoms with Crippen molar-refractivity contribution < 1.29 is 4.79 Å². The molecule has 3 aromatic rings. The van der Waals surface area contributed by atoms with Gasteiger partial charge in [-0.3, -0.25) is 9.69 Å². The fraction of sp³-hybridized carbons (Fsp3) is 0.348. The molecule has 0 N–H and O–H groups in total. The Bertz CT molecular complexity index is 1060. The molecule has 1 aromatic carbocycles. The Kier molecular flexibility index (Phi) is 5.61. The monoisotopic (exact) mass is 436 g/mol. The first-order chi connectivity index (χ1) is 15.2. The minimum atomic E-state index is 0.187. The van der Waals surface area contributed by atoms with E-state index in [1.807, 2.05) is 52.0 Å². The molecule has 1 amide bonds. The number of piperazine rings is 1. The Balaban J connectivity index is 1.17. The topological polar surface area (TPSA) is 57.5 Å². The van der Waals surface area contributed by atoms with Crippen LogP contribution in [0.25, 0.3) is 5.69 Å². The molecule has 8 heteroatoms. The van der Waals surface area contributed by atoms with Crippen LogP contribution in [0.2, 0.25) is 5.15 Å². The molecule has 0 unspecified atom stereocenters. The van der Waals surface area contributed by atoms with E-state index in [0.717, 1.165) is 61.9 Å². The summed E-state index contributed by atoms with van der Waals surface area (Å²) in [6.45, 7) is 5.18. The van der Waals surface area contributed by atoms with Crippen LogP contribution in [-0.4, -0.2) is 69.7 Å². The van der Waals surface area contributed by atoms with Crippen molar-refractivity contribution in [1.82, 2.24) is 24.6 Å². The van der Waals surface area contributed by atoms with Gasteiger partial charge in [0, 0.05) is 57.4 Å². The summed E-state index contributed by atoms with van der Waals surface area (Å²) in [5, 5.41) is 5.23. The van der Waals surface area contributed by atoms with Crippen LogP contribution in [-0.2, 0) is 17.8 Å². The molecule has 2 aliphatic rings. The first-order valence-electron chi connectivity index (χ1n) is 10.7. The van der Waals surface area contributed by atoms with Crippen molar-refractivity contribution in [2.45, 2.75) is 13.0 Å². The van der Waals surface area contributed by atoms with E-state index < -0.39 is 0 Å². The van der Waals surface area contributed by atoms with E-state index in [1.54, 1.807) is 6.07 Å². The minimum Gasteiger partial charge on any atom is -0.354 e. The average Bonchev–Trinajstić information content (AvgIpc) is 3.24. The second-order valence-electron chi connectivity index (χ2n) is 8.03. The van der Waals surface area contributed by atoms with Crippen molar-refractivity contribution in [3.8, 4) is 5.69 Å². The van der Waals surface area contributed by atoms with Gasteiger partial charge in [0.2, 0.25) is 5.91 Å². The van der Waals surface area contributed by atoms with Gasteiger partial charge < -0.3 is 9.80 Å². The van der Waals surface area contributed by atoms with E-state index in [2.05, 4.69) is 21.0 Å². The largest absolute Gasteiger partial charge is 0.354 e. The summed E-state index contributed by atoms with van der Waals surface area (Å²) in [6.07, 6.45) is 2.86. The van der Waals surface area contributed by atoms with Crippen molar-refractivity contribution in [2.75, 3.05) is 44.2 Å². The van der Waals surface area contributed by atoms with Crippen molar-refractivity contribution >= 4 is 23.3 Å². The number of hydrogen-bond acceptors (Lipinski definition) is 5. The molecular weight excluding hydrogens is 412 g/mol. The lowest BCUT2D eigenvalue weighted by atomic mass is 10.1. The predicted molar refractivity (Wildman–Crippen MR) is 121 cm³/mol. The van der Waals surface area contributed by atoms with E-state index in [-0.39, 0.29) is 5.91 Å². The fourth-order valence-electron chi connectivity index (χ4n) is 4.24. The van der Waals surface area contributed by atoms with Gasteiger partial charge in [0.25, 0.3) is 0 Å². The zero-order chi connectivity index (χ0) is 21.2. The van der Waals surface area contributed by atoms with E-state index >= 15 is 0 Å². The third-order valence-electron chi connectivity index (χ3n) is 5.99. The molecule has 160 valence electrons. The maximum atomic E-state index is 13.0. The van der Waals surface area contributed by atoms with E-state index in [1.165, 1.54) is 0 Å². The Morgan fingerprint density at radius 2 is 1.77 bits per heavy atom. The molecule has 1 saturated heterocycles. The molecule has 0 bridgehead atoms. The van der Waals surface area contributed by atoms with Crippen LogP contribution in [0.5, 0.6) is 0 Å². The van der Waals surface area contributed by atoms with Crippen LogP contribution in [0.4, 0.5) is 5.82 Å². The van der Waals surface area contributed by atoms with E-state index in [9.17, 15) is 4.79 Å². The predicted octanol–water partition coefficient (Wildman–Crippen LogP) is 2.63. The second-order valence-corrected chi connectivity index (χ2v) is 8.42. The number of carbonyl (C=O) groups excluding carboxylic acids is 1. The SMILES string of the molecule is O=C(CN1CCN(c2cccc(Cl)n2)CC1)N1CCc2nn(-c3ccccc3)cc2C1. The first-order valence-corrected chi connectivity index (χ1v) is 11.0. The van der Waals surface area contributed by atoms with Crippen LogP contribution in [0.15, 0.2) is 54.7 Å². The summed E-state index contributed by atoms with van der Waals surface area (Å²) in [7, 11) is 0. The highest BCUT2D eigenvalue weighted by atomic mass is 35.5. The van der Waals surface area contributed by atoms with Gasteiger partial charge in [-0.25, -0.2) is 9.67 Å². The van der Waals surface area contributed by atoms with Crippen LogP contribution in [0, 0.1) is 0 Å². The van der Waals surface area contributed by atoms with Gasteiger partial charge in [0.15, 0.2) is 0 Å². The Labute approximate surface area is 186 Å². The summed E-state index contributed by atoms with van der Waals surface area (Å²) in [5.41, 5.74) is 3.28. The zero-order valence-corrected chi connectivity index (χ0v) is 18.1. The molecule has 4 heterocycles. The van der Waals surface area contributed by atoms with Crippen molar-refractivity contribution in [2.24, 2.45) is 0 Å². The van der Waals surface area contributed by atoms with Crippen molar-refractivity contribution in [3.05, 3.63) is 71.1 Å². The molecule has 0 saturated carbocycles. The standard InChI is InChI=1S/C23H25ClN6O/c24-21-7-4-8-22(25-21)28-13-11-27(12-14-28)17-23(31)29-10-9-20-18(15-29)16-30(26-20)19-5-2-1-3-6-19/h1-8,16H,9-15,17H2. The molecular formula is C23H25ClN6O. The Hall–Kier alpha value is -2.90. The lowest BCUT2D eigenvalue weighted by molar-refractivity contribution is -0.133. The molecule has 7 nitrogen and oxygen atoms in total. The summed E-state index contributed by atoms with van der Waals surface area (Å²) in [6, 6.07) is 15.8. The first kappa shape index (κ1) is 20.0. The summed E-state index contributed by atoms with van der Waals surface area (Å²) in [5.74, 6) is 1.09. The summed E-state index contributed by atoms with van der Waals surface area (Å²) >= 11 is 6.02. The summed E-state index contributed by atoms with van der Waals surface area (Å²) < 4.78 is 1.92. The van der Waals surface area contributed by atoms with Gasteiger partial charge >= 0.3 is 0 Å². The van der Waals surface area contributed by atoms with Crippen LogP contribution in [0.1, 0.15) is 11.3 Å². The number of fused-ring (bicyclic) bond motifs is 1. The van der Waals surface area contributed by atoms with Gasteiger partial charge in [0.05, 0.1) is 17.9 Å². The van der Waals surface area contributed by atoms with Gasteiger partial charge in [-0.2, -0.15) is 5.10 Å². The molecule has 0 spiro atoms. The molecule has 2 aromatic heterocycles. The smallest absolute Gasteiger partial charge is 0.237 e. The van der Waals surface area contributed by atoms with Crippen molar-refractivity contribution in [1.29, 1.82) is 0 Å². The molecule has 2 aliphatic heterocycles. The lowest BCUT2D eigenvalue weighted by Gasteiger charge is -2.36. The number of anilines is 1. The van der Waals surface area contributed by atoms with E-state index in [0.29, 0.717) is 18.2 Å². The van der Waals surface area contributed by atoms with E-state index in [4.69, 9.17) is 16.7 Å². The Morgan fingerprint density at radius 1 is 0.968 bits per heavy atom. The van der Waals surface area contributed by atoms with Gasteiger partial charge in [0.1, 0.15) is 11.0 Å². The number of benzene rings is 1. The number of halogens is 1. The third kappa shape index (κ3) is 4.43. The van der Waals surface area contributed by atoms with Gasteiger partial charge in [-0.15, -0.1) is 0 Å². The fourth-order valence-corrected chi connectivity index (χ4v) is 4.40. The normalized spacial score (nSPS) is 16.9. The maximum Gasteiger partial charge on any atom is 0.237 e.